The van der Waals surface area contributed by atoms with E-state index in [0.29, 0.717) is 12.8 Å². The van der Waals surface area contributed by atoms with Crippen molar-refractivity contribution in [1.29, 1.82) is 0 Å². The van der Waals surface area contributed by atoms with Crippen molar-refractivity contribution in [3.05, 3.63) is 35.9 Å². The Morgan fingerprint density at radius 3 is 2.41 bits per heavy atom. The monoisotopic (exact) mass is 371 g/mol. The molecule has 2 heterocycles. The number of hydrogen-bond acceptors (Lipinski definition) is 3. The number of urea groups is 1. The largest absolute Gasteiger partial charge is 0.336 e. The number of amides is 4. The maximum atomic E-state index is 12.9. The van der Waals surface area contributed by atoms with Gasteiger partial charge in [0.1, 0.15) is 12.1 Å². The minimum atomic E-state index is -0.966. The van der Waals surface area contributed by atoms with E-state index in [-0.39, 0.29) is 30.4 Å². The van der Waals surface area contributed by atoms with E-state index in [1.54, 1.807) is 6.92 Å². The molecule has 27 heavy (non-hydrogen) atoms. The fourth-order valence-corrected chi connectivity index (χ4v) is 4.23. The first-order valence-electron chi connectivity index (χ1n) is 9.81. The molecule has 146 valence electrons. The molecule has 6 nitrogen and oxygen atoms in total. The number of rotatable bonds is 5. The van der Waals surface area contributed by atoms with Gasteiger partial charge in [-0.15, -0.1) is 0 Å². The number of benzene rings is 1. The lowest BCUT2D eigenvalue weighted by Gasteiger charge is -2.39. The van der Waals surface area contributed by atoms with Crippen molar-refractivity contribution in [2.75, 3.05) is 6.54 Å². The summed E-state index contributed by atoms with van der Waals surface area (Å²) in [6.07, 6.45) is 4.22. The van der Waals surface area contributed by atoms with Gasteiger partial charge in [0.25, 0.3) is 5.91 Å². The summed E-state index contributed by atoms with van der Waals surface area (Å²) in [5.74, 6) is -0.459. The van der Waals surface area contributed by atoms with Crippen LogP contribution in [0.4, 0.5) is 4.79 Å². The highest BCUT2D eigenvalue weighted by Crippen LogP contribution is 2.26. The summed E-state index contributed by atoms with van der Waals surface area (Å²) >= 11 is 0. The SMILES string of the molecule is CC1CCCC(C)N1C(=O)CN1C(=O)NC(C)(CCc2ccccc2)C1=O. The molecule has 0 saturated carbocycles. The highest BCUT2D eigenvalue weighted by molar-refractivity contribution is 6.08. The van der Waals surface area contributed by atoms with Crippen LogP contribution < -0.4 is 5.32 Å². The van der Waals surface area contributed by atoms with Crippen molar-refractivity contribution in [2.24, 2.45) is 0 Å². The van der Waals surface area contributed by atoms with Crippen molar-refractivity contribution < 1.29 is 14.4 Å². The number of likely N-dealkylation sites (tertiary alicyclic amines) is 1. The van der Waals surface area contributed by atoms with E-state index in [1.807, 2.05) is 49.1 Å². The third-order valence-electron chi connectivity index (χ3n) is 5.88. The van der Waals surface area contributed by atoms with Gasteiger partial charge in [-0.3, -0.25) is 14.5 Å². The summed E-state index contributed by atoms with van der Waals surface area (Å²) in [5, 5.41) is 2.80. The molecule has 2 saturated heterocycles. The Bertz CT molecular complexity index is 711. The molecule has 6 heteroatoms. The van der Waals surface area contributed by atoms with Crippen LogP contribution in [0.1, 0.15) is 52.0 Å². The average Bonchev–Trinajstić information content (AvgIpc) is 2.84. The van der Waals surface area contributed by atoms with Gasteiger partial charge in [-0.1, -0.05) is 30.3 Å². The van der Waals surface area contributed by atoms with Crippen LogP contribution in [0.15, 0.2) is 30.3 Å². The van der Waals surface area contributed by atoms with Crippen LogP contribution in [-0.4, -0.2) is 51.8 Å². The Morgan fingerprint density at radius 1 is 1.15 bits per heavy atom. The molecular formula is C21H29N3O3. The fraction of sp³-hybridized carbons (Fsp3) is 0.571. The van der Waals surface area contributed by atoms with Gasteiger partial charge in [-0.05, 0) is 58.4 Å². The van der Waals surface area contributed by atoms with Gasteiger partial charge in [0.15, 0.2) is 0 Å². The molecule has 0 radical (unpaired) electrons. The smallest absolute Gasteiger partial charge is 0.325 e. The zero-order valence-electron chi connectivity index (χ0n) is 16.4. The molecule has 1 N–H and O–H groups in total. The molecule has 0 aromatic heterocycles. The quantitative estimate of drug-likeness (QED) is 0.809. The molecule has 2 aliphatic heterocycles. The Hall–Kier alpha value is -2.37. The summed E-state index contributed by atoms with van der Waals surface area (Å²) in [6.45, 7) is 5.62. The Kier molecular flexibility index (Phi) is 5.53. The Morgan fingerprint density at radius 2 is 1.78 bits per heavy atom. The molecule has 1 aromatic carbocycles. The zero-order valence-corrected chi connectivity index (χ0v) is 16.4. The van der Waals surface area contributed by atoms with Crippen LogP contribution in [0.5, 0.6) is 0 Å². The molecule has 0 spiro atoms. The average molecular weight is 371 g/mol. The van der Waals surface area contributed by atoms with Crippen molar-refractivity contribution in [3.8, 4) is 0 Å². The minimum absolute atomic E-state index is 0.145. The van der Waals surface area contributed by atoms with Crippen molar-refractivity contribution >= 4 is 17.8 Å². The topological polar surface area (TPSA) is 69.7 Å². The van der Waals surface area contributed by atoms with Crippen LogP contribution in [0.3, 0.4) is 0 Å². The van der Waals surface area contributed by atoms with Crippen LogP contribution in [0.2, 0.25) is 0 Å². The maximum Gasteiger partial charge on any atom is 0.325 e. The van der Waals surface area contributed by atoms with Crippen LogP contribution in [-0.2, 0) is 16.0 Å². The highest BCUT2D eigenvalue weighted by Gasteiger charge is 2.48. The van der Waals surface area contributed by atoms with Gasteiger partial charge in [0.2, 0.25) is 5.91 Å². The number of aryl methyl sites for hydroxylation is 1. The van der Waals surface area contributed by atoms with Gasteiger partial charge in [-0.2, -0.15) is 0 Å². The van der Waals surface area contributed by atoms with Gasteiger partial charge in [0.05, 0.1) is 0 Å². The van der Waals surface area contributed by atoms with Crippen molar-refractivity contribution in [3.63, 3.8) is 0 Å². The standard InChI is InChI=1S/C21H29N3O3/c1-15-8-7-9-16(2)24(15)18(25)14-23-19(26)21(3,22-20(23)27)13-12-17-10-5-4-6-11-17/h4-6,10-11,15-16H,7-9,12-14H2,1-3H3,(H,22,27). The summed E-state index contributed by atoms with van der Waals surface area (Å²) in [6, 6.07) is 9.69. The number of nitrogens with one attached hydrogen (secondary N) is 1. The summed E-state index contributed by atoms with van der Waals surface area (Å²) in [5.41, 5.74) is 0.151. The Balaban J connectivity index is 1.65. The second-order valence-electron chi connectivity index (χ2n) is 8.07. The summed E-state index contributed by atoms with van der Waals surface area (Å²) in [7, 11) is 0. The second kappa shape index (κ2) is 7.71. The molecule has 2 fully saturated rings. The van der Waals surface area contributed by atoms with E-state index in [9.17, 15) is 14.4 Å². The normalized spacial score (nSPS) is 28.4. The first kappa shape index (κ1) is 19.4. The molecule has 4 amide bonds. The van der Waals surface area contributed by atoms with Gasteiger partial charge < -0.3 is 10.2 Å². The minimum Gasteiger partial charge on any atom is -0.336 e. The van der Waals surface area contributed by atoms with Crippen LogP contribution >= 0.6 is 0 Å². The number of piperidine rings is 1. The molecule has 3 atom stereocenters. The number of imide groups is 1. The van der Waals surface area contributed by atoms with E-state index >= 15 is 0 Å². The lowest BCUT2D eigenvalue weighted by Crippen LogP contribution is -2.52. The van der Waals surface area contributed by atoms with E-state index in [1.165, 1.54) is 0 Å². The van der Waals surface area contributed by atoms with Crippen molar-refractivity contribution in [2.45, 2.75) is 70.5 Å². The zero-order chi connectivity index (χ0) is 19.6. The lowest BCUT2D eigenvalue weighted by atomic mass is 9.93. The van der Waals surface area contributed by atoms with Gasteiger partial charge in [-0.25, -0.2) is 4.79 Å². The van der Waals surface area contributed by atoms with Crippen LogP contribution in [0, 0.1) is 0 Å². The van der Waals surface area contributed by atoms with Crippen LogP contribution in [0.25, 0.3) is 0 Å². The Labute approximate surface area is 160 Å². The first-order chi connectivity index (χ1) is 12.8. The maximum absolute atomic E-state index is 12.9. The molecule has 2 aliphatic rings. The van der Waals surface area contributed by atoms with E-state index in [4.69, 9.17) is 0 Å². The summed E-state index contributed by atoms with van der Waals surface area (Å²) < 4.78 is 0. The fourth-order valence-electron chi connectivity index (χ4n) is 4.23. The van der Waals surface area contributed by atoms with Crippen molar-refractivity contribution in [1.82, 2.24) is 15.1 Å². The molecule has 3 unspecified atom stereocenters. The third-order valence-corrected chi connectivity index (χ3v) is 5.88. The molecule has 1 aromatic rings. The number of carbonyl (C=O) groups is 3. The van der Waals surface area contributed by atoms with E-state index in [0.717, 1.165) is 29.7 Å². The van der Waals surface area contributed by atoms with Gasteiger partial charge in [0, 0.05) is 12.1 Å². The third kappa shape index (κ3) is 3.99. The molecule has 0 bridgehead atoms. The number of nitrogens with zero attached hydrogens (tertiary/aromatic N) is 2. The molecular weight excluding hydrogens is 342 g/mol. The lowest BCUT2D eigenvalue weighted by molar-refractivity contribution is -0.142. The molecule has 0 aliphatic carbocycles. The summed E-state index contributed by atoms with van der Waals surface area (Å²) in [4.78, 5) is 41.1. The predicted molar refractivity (Wildman–Crippen MR) is 103 cm³/mol. The van der Waals surface area contributed by atoms with E-state index in [2.05, 4.69) is 5.32 Å². The first-order valence-corrected chi connectivity index (χ1v) is 9.81. The predicted octanol–water partition coefficient (Wildman–Crippen LogP) is 2.72. The van der Waals surface area contributed by atoms with Gasteiger partial charge >= 0.3 is 6.03 Å². The highest BCUT2D eigenvalue weighted by atomic mass is 16.2. The molecule has 3 rings (SSSR count). The number of hydrogen-bond donors (Lipinski definition) is 1. The second-order valence-corrected chi connectivity index (χ2v) is 8.07. The van der Waals surface area contributed by atoms with E-state index < -0.39 is 11.6 Å². The number of carbonyl (C=O) groups excluding carboxylic acids is 3.